The van der Waals surface area contributed by atoms with Gasteiger partial charge in [-0.1, -0.05) is 35.5 Å². The summed E-state index contributed by atoms with van der Waals surface area (Å²) in [6, 6.07) is 9.41. The second-order valence-corrected chi connectivity index (χ2v) is 6.33. The molecule has 0 unspecified atom stereocenters. The molecule has 2 aromatic rings. The number of primary amides is 1. The van der Waals surface area contributed by atoms with Crippen LogP contribution in [0.3, 0.4) is 0 Å². The number of nitrogens with zero attached hydrogens (tertiary/aromatic N) is 3. The van der Waals surface area contributed by atoms with Gasteiger partial charge in [0, 0.05) is 38.3 Å². The van der Waals surface area contributed by atoms with Crippen molar-refractivity contribution >= 4 is 5.91 Å². The largest absolute Gasteiger partial charge is 0.368 e. The molecule has 2 N–H and O–H groups in total. The smallest absolute Gasteiger partial charge is 0.239 e. The molecule has 6 nitrogen and oxygen atoms in total. The summed E-state index contributed by atoms with van der Waals surface area (Å²) in [5, 5.41) is 4.01. The normalized spacial score (nSPS) is 17.8. The van der Waals surface area contributed by atoms with Crippen molar-refractivity contribution in [2.45, 2.75) is 26.4 Å². The Kier molecular flexibility index (Phi) is 4.97. The van der Waals surface area contributed by atoms with Gasteiger partial charge < -0.3 is 10.3 Å². The van der Waals surface area contributed by atoms with Gasteiger partial charge >= 0.3 is 0 Å². The van der Waals surface area contributed by atoms with Crippen LogP contribution in [0, 0.1) is 13.8 Å². The zero-order valence-electron chi connectivity index (χ0n) is 14.2. The number of hydrogen-bond donors (Lipinski definition) is 1. The van der Waals surface area contributed by atoms with Gasteiger partial charge in [0.15, 0.2) is 0 Å². The zero-order chi connectivity index (χ0) is 17.1. The Morgan fingerprint density at radius 3 is 2.42 bits per heavy atom. The topological polar surface area (TPSA) is 75.6 Å². The molecular weight excluding hydrogens is 304 g/mol. The summed E-state index contributed by atoms with van der Waals surface area (Å²) in [7, 11) is 0. The summed E-state index contributed by atoms with van der Waals surface area (Å²) in [6.07, 6.45) is 0. The molecule has 24 heavy (non-hydrogen) atoms. The molecule has 0 bridgehead atoms. The van der Waals surface area contributed by atoms with Crippen LogP contribution in [0.25, 0.3) is 0 Å². The minimum Gasteiger partial charge on any atom is -0.368 e. The van der Waals surface area contributed by atoms with Gasteiger partial charge in [-0.3, -0.25) is 14.6 Å². The number of amides is 1. The fraction of sp³-hybridized carbons (Fsp3) is 0.444. The quantitative estimate of drug-likeness (QED) is 0.903. The number of hydrogen-bond acceptors (Lipinski definition) is 5. The zero-order valence-corrected chi connectivity index (χ0v) is 14.2. The van der Waals surface area contributed by atoms with Crippen LogP contribution in [0.15, 0.2) is 34.9 Å². The molecule has 1 aromatic heterocycles. The highest BCUT2D eigenvalue weighted by atomic mass is 16.5. The maximum Gasteiger partial charge on any atom is 0.239 e. The molecule has 1 saturated heterocycles. The third-order valence-corrected chi connectivity index (χ3v) is 4.72. The molecule has 128 valence electrons. The highest BCUT2D eigenvalue weighted by molar-refractivity contribution is 5.81. The Balaban J connectivity index is 1.64. The number of benzene rings is 1. The van der Waals surface area contributed by atoms with E-state index in [1.165, 1.54) is 0 Å². The number of aromatic nitrogens is 1. The number of nitrogens with two attached hydrogens (primary N) is 1. The SMILES string of the molecule is Cc1noc(C)c1CN1CCN([C@@H](C(N)=O)c2ccccc2)CC1. The Bertz CT molecular complexity index is 671. The minimum absolute atomic E-state index is 0.291. The van der Waals surface area contributed by atoms with Gasteiger partial charge in [0.2, 0.25) is 5.91 Å². The molecule has 0 aliphatic carbocycles. The van der Waals surface area contributed by atoms with E-state index in [0.29, 0.717) is 0 Å². The summed E-state index contributed by atoms with van der Waals surface area (Å²) in [5.41, 5.74) is 8.75. The molecular formula is C18H24N4O2. The van der Waals surface area contributed by atoms with E-state index < -0.39 is 0 Å². The third-order valence-electron chi connectivity index (χ3n) is 4.72. The summed E-state index contributed by atoms with van der Waals surface area (Å²) >= 11 is 0. The van der Waals surface area contributed by atoms with Crippen molar-refractivity contribution in [2.75, 3.05) is 26.2 Å². The van der Waals surface area contributed by atoms with Gasteiger partial charge in [0.25, 0.3) is 0 Å². The number of carbonyl (C=O) groups excluding carboxylic acids is 1. The molecule has 1 aromatic carbocycles. The van der Waals surface area contributed by atoms with E-state index in [1.807, 2.05) is 44.2 Å². The Morgan fingerprint density at radius 2 is 1.88 bits per heavy atom. The maximum atomic E-state index is 12.0. The number of carbonyl (C=O) groups is 1. The van der Waals surface area contributed by atoms with Crippen LogP contribution in [0.2, 0.25) is 0 Å². The Labute approximate surface area is 142 Å². The van der Waals surface area contributed by atoms with Crippen LogP contribution in [0.1, 0.15) is 28.6 Å². The summed E-state index contributed by atoms with van der Waals surface area (Å²) in [4.78, 5) is 16.5. The van der Waals surface area contributed by atoms with Crippen molar-refractivity contribution in [3.63, 3.8) is 0 Å². The van der Waals surface area contributed by atoms with Crippen LogP contribution in [-0.4, -0.2) is 47.0 Å². The molecule has 1 fully saturated rings. The molecule has 1 aliphatic rings. The van der Waals surface area contributed by atoms with E-state index >= 15 is 0 Å². The van der Waals surface area contributed by atoms with E-state index in [2.05, 4.69) is 15.0 Å². The highest BCUT2D eigenvalue weighted by Crippen LogP contribution is 2.23. The van der Waals surface area contributed by atoms with E-state index in [-0.39, 0.29) is 11.9 Å². The summed E-state index contributed by atoms with van der Waals surface area (Å²) in [5.74, 6) is 0.592. The molecule has 1 aliphatic heterocycles. The molecule has 0 radical (unpaired) electrons. The fourth-order valence-electron chi connectivity index (χ4n) is 3.32. The molecule has 0 spiro atoms. The first-order valence-corrected chi connectivity index (χ1v) is 8.28. The van der Waals surface area contributed by atoms with Gasteiger partial charge in [0.1, 0.15) is 11.8 Å². The third kappa shape index (κ3) is 3.49. The van der Waals surface area contributed by atoms with Gasteiger partial charge in [-0.25, -0.2) is 0 Å². The van der Waals surface area contributed by atoms with Gasteiger partial charge in [-0.2, -0.15) is 0 Å². The summed E-state index contributed by atoms with van der Waals surface area (Å²) < 4.78 is 5.24. The van der Waals surface area contributed by atoms with Gasteiger partial charge in [0.05, 0.1) is 5.69 Å². The average molecular weight is 328 g/mol. The van der Waals surface area contributed by atoms with Crippen molar-refractivity contribution in [3.8, 4) is 0 Å². The first kappa shape index (κ1) is 16.7. The van der Waals surface area contributed by atoms with E-state index in [0.717, 1.165) is 55.3 Å². The predicted octanol–water partition coefficient (Wildman–Crippen LogP) is 1.64. The molecule has 1 atom stereocenters. The van der Waals surface area contributed by atoms with Crippen molar-refractivity contribution in [2.24, 2.45) is 5.73 Å². The van der Waals surface area contributed by atoms with Crippen LogP contribution in [0.4, 0.5) is 0 Å². The lowest BCUT2D eigenvalue weighted by Gasteiger charge is -2.38. The van der Waals surface area contributed by atoms with E-state index in [1.54, 1.807) is 0 Å². The van der Waals surface area contributed by atoms with Gasteiger partial charge in [-0.05, 0) is 19.4 Å². The summed E-state index contributed by atoms with van der Waals surface area (Å²) in [6.45, 7) is 8.16. The lowest BCUT2D eigenvalue weighted by atomic mass is 10.0. The van der Waals surface area contributed by atoms with E-state index in [4.69, 9.17) is 10.3 Å². The standard InChI is InChI=1S/C18H24N4O2/c1-13-16(14(2)24-20-13)12-21-8-10-22(11-9-21)17(18(19)23)15-6-4-3-5-7-15/h3-7,17H,8-12H2,1-2H3,(H2,19,23)/t17-/m1/s1. The molecule has 3 rings (SSSR count). The average Bonchev–Trinajstić information content (AvgIpc) is 2.89. The number of piperazine rings is 1. The molecule has 2 heterocycles. The molecule has 1 amide bonds. The number of aryl methyl sites for hydroxylation is 2. The number of rotatable bonds is 5. The van der Waals surface area contributed by atoms with Gasteiger partial charge in [-0.15, -0.1) is 0 Å². The van der Waals surface area contributed by atoms with Crippen LogP contribution < -0.4 is 5.73 Å². The van der Waals surface area contributed by atoms with Crippen molar-refractivity contribution in [3.05, 3.63) is 52.9 Å². The fourth-order valence-corrected chi connectivity index (χ4v) is 3.32. The molecule has 0 saturated carbocycles. The lowest BCUT2D eigenvalue weighted by molar-refractivity contribution is -0.124. The second kappa shape index (κ2) is 7.15. The Morgan fingerprint density at radius 1 is 1.21 bits per heavy atom. The Hall–Kier alpha value is -2.18. The first-order chi connectivity index (χ1) is 11.6. The van der Waals surface area contributed by atoms with Crippen molar-refractivity contribution in [1.82, 2.24) is 15.0 Å². The van der Waals surface area contributed by atoms with Crippen molar-refractivity contribution in [1.29, 1.82) is 0 Å². The second-order valence-electron chi connectivity index (χ2n) is 6.33. The molecule has 6 heteroatoms. The monoisotopic (exact) mass is 328 g/mol. The van der Waals surface area contributed by atoms with Crippen molar-refractivity contribution < 1.29 is 9.32 Å². The predicted molar refractivity (Wildman–Crippen MR) is 91.2 cm³/mol. The van der Waals surface area contributed by atoms with Crippen LogP contribution in [-0.2, 0) is 11.3 Å². The van der Waals surface area contributed by atoms with Crippen LogP contribution in [0.5, 0.6) is 0 Å². The van der Waals surface area contributed by atoms with E-state index in [9.17, 15) is 4.79 Å². The maximum absolute atomic E-state index is 12.0. The highest BCUT2D eigenvalue weighted by Gasteiger charge is 2.29. The lowest BCUT2D eigenvalue weighted by Crippen LogP contribution is -2.50. The first-order valence-electron chi connectivity index (χ1n) is 8.28. The van der Waals surface area contributed by atoms with Crippen LogP contribution >= 0.6 is 0 Å². The minimum atomic E-state index is -0.354.